The molecule has 0 aliphatic carbocycles. The topological polar surface area (TPSA) is 3.88 Å². The van der Waals surface area contributed by atoms with Gasteiger partial charge in [-0.2, -0.15) is 4.57 Å². The van der Waals surface area contributed by atoms with E-state index < -0.39 is 0 Å². The van der Waals surface area contributed by atoms with Crippen LogP contribution in [-0.2, 0) is 12.0 Å². The van der Waals surface area contributed by atoms with Gasteiger partial charge in [-0.3, -0.25) is 0 Å². The molecule has 0 amide bonds. The van der Waals surface area contributed by atoms with E-state index in [4.69, 9.17) is 0 Å². The van der Waals surface area contributed by atoms with E-state index in [1.807, 2.05) is 0 Å². The maximum atomic E-state index is 2.55. The van der Waals surface area contributed by atoms with Gasteiger partial charge in [0, 0.05) is 25.3 Å². The van der Waals surface area contributed by atoms with E-state index in [0.717, 1.165) is 19.3 Å². The minimum atomic E-state index is 0.202. The molecule has 1 nitrogen and oxygen atoms in total. The zero-order valence-corrected chi connectivity index (χ0v) is 13.3. The Hall–Kier alpha value is -2.15. The minimum Gasteiger partial charge on any atom is -0.192 e. The molecule has 1 aliphatic rings. The van der Waals surface area contributed by atoms with Crippen LogP contribution in [0.1, 0.15) is 32.3 Å². The van der Waals surface area contributed by atoms with Crippen molar-refractivity contribution in [3.8, 4) is 11.3 Å². The molecule has 0 N–H and O–H groups in total. The van der Waals surface area contributed by atoms with Crippen molar-refractivity contribution in [1.82, 2.24) is 0 Å². The quantitative estimate of drug-likeness (QED) is 0.593. The molecule has 2 heterocycles. The zero-order valence-electron chi connectivity index (χ0n) is 13.3. The third-order valence-corrected chi connectivity index (χ3v) is 5.48. The molecular formula is C21H22N+. The van der Waals surface area contributed by atoms with Crippen LogP contribution in [0.25, 0.3) is 22.0 Å². The highest BCUT2D eigenvalue weighted by Gasteiger charge is 2.43. The molecule has 0 saturated carbocycles. The van der Waals surface area contributed by atoms with E-state index in [-0.39, 0.29) is 5.54 Å². The molecule has 1 heteroatoms. The Bertz CT molecular complexity index is 843. The lowest BCUT2D eigenvalue weighted by molar-refractivity contribution is -0.757. The van der Waals surface area contributed by atoms with Gasteiger partial charge < -0.3 is 0 Å². The first kappa shape index (κ1) is 13.5. The van der Waals surface area contributed by atoms with Crippen molar-refractivity contribution in [3.63, 3.8) is 0 Å². The van der Waals surface area contributed by atoms with Gasteiger partial charge in [0.15, 0.2) is 11.7 Å². The van der Waals surface area contributed by atoms with Crippen molar-refractivity contribution >= 4 is 10.8 Å². The van der Waals surface area contributed by atoms with E-state index >= 15 is 0 Å². The molecule has 0 radical (unpaired) electrons. The average molecular weight is 288 g/mol. The molecule has 2 aromatic carbocycles. The van der Waals surface area contributed by atoms with Crippen LogP contribution in [0, 0.1) is 0 Å². The van der Waals surface area contributed by atoms with Crippen molar-refractivity contribution in [2.75, 3.05) is 0 Å². The molecule has 22 heavy (non-hydrogen) atoms. The molecule has 0 atom stereocenters. The number of fused-ring (bicyclic) bond motifs is 5. The molecule has 0 unspecified atom stereocenters. The highest BCUT2D eigenvalue weighted by atomic mass is 15.1. The molecule has 0 saturated heterocycles. The Balaban J connectivity index is 2.15. The summed E-state index contributed by atoms with van der Waals surface area (Å²) in [6.45, 7) is 4.65. The van der Waals surface area contributed by atoms with E-state index in [0.29, 0.717) is 0 Å². The van der Waals surface area contributed by atoms with Crippen LogP contribution in [0.15, 0.2) is 60.8 Å². The van der Waals surface area contributed by atoms with Gasteiger partial charge in [0.25, 0.3) is 0 Å². The normalized spacial score (nSPS) is 15.4. The van der Waals surface area contributed by atoms with Gasteiger partial charge >= 0.3 is 0 Å². The smallest absolute Gasteiger partial charge is 0.192 e. The first-order chi connectivity index (χ1) is 10.8. The van der Waals surface area contributed by atoms with E-state index in [1.54, 1.807) is 0 Å². The summed E-state index contributed by atoms with van der Waals surface area (Å²) >= 11 is 0. The molecule has 0 spiro atoms. The highest BCUT2D eigenvalue weighted by Crippen LogP contribution is 2.38. The number of nitrogens with zero attached hydrogens (tertiary/aromatic N) is 1. The van der Waals surface area contributed by atoms with Crippen LogP contribution >= 0.6 is 0 Å². The SMILES string of the molecule is CCC1(CC)Cc2ccccc2-c2c3ccccc3cc[n+]21. The lowest BCUT2D eigenvalue weighted by Gasteiger charge is -2.33. The lowest BCUT2D eigenvalue weighted by Crippen LogP contribution is -2.60. The van der Waals surface area contributed by atoms with Crippen LogP contribution in [0.4, 0.5) is 0 Å². The fourth-order valence-corrected chi connectivity index (χ4v) is 4.07. The second kappa shape index (κ2) is 4.95. The number of hydrogen-bond donors (Lipinski definition) is 0. The summed E-state index contributed by atoms with van der Waals surface area (Å²) in [5.74, 6) is 0. The van der Waals surface area contributed by atoms with Gasteiger partial charge in [-0.1, -0.05) is 50.2 Å². The second-order valence-electron chi connectivity index (χ2n) is 6.39. The maximum Gasteiger partial charge on any atom is 0.221 e. The molecular weight excluding hydrogens is 266 g/mol. The molecule has 110 valence electrons. The third kappa shape index (κ3) is 1.75. The van der Waals surface area contributed by atoms with Crippen molar-refractivity contribution < 1.29 is 4.57 Å². The predicted molar refractivity (Wildman–Crippen MR) is 91.8 cm³/mol. The van der Waals surface area contributed by atoms with Crippen LogP contribution < -0.4 is 4.57 Å². The summed E-state index contributed by atoms with van der Waals surface area (Å²) < 4.78 is 2.55. The Morgan fingerprint density at radius 1 is 0.909 bits per heavy atom. The largest absolute Gasteiger partial charge is 0.221 e. The fraction of sp³-hybridized carbons (Fsp3) is 0.286. The maximum absolute atomic E-state index is 2.55. The Labute approximate surface area is 132 Å². The predicted octanol–water partition coefficient (Wildman–Crippen LogP) is 4.87. The van der Waals surface area contributed by atoms with Gasteiger partial charge in [-0.15, -0.1) is 0 Å². The summed E-state index contributed by atoms with van der Waals surface area (Å²) in [4.78, 5) is 0. The number of rotatable bonds is 2. The Morgan fingerprint density at radius 3 is 2.45 bits per heavy atom. The van der Waals surface area contributed by atoms with Crippen molar-refractivity contribution in [1.29, 1.82) is 0 Å². The Kier molecular flexibility index (Phi) is 3.04. The minimum absolute atomic E-state index is 0.202. The molecule has 1 aromatic heterocycles. The second-order valence-corrected chi connectivity index (χ2v) is 6.39. The van der Waals surface area contributed by atoms with Crippen LogP contribution in [-0.4, -0.2) is 0 Å². The van der Waals surface area contributed by atoms with Gasteiger partial charge in [0.05, 0.1) is 10.9 Å². The molecule has 3 aromatic rings. The third-order valence-electron chi connectivity index (χ3n) is 5.48. The van der Waals surface area contributed by atoms with Gasteiger partial charge in [0.2, 0.25) is 5.69 Å². The number of aromatic nitrogens is 1. The zero-order chi connectivity index (χ0) is 15.2. The molecule has 0 bridgehead atoms. The first-order valence-corrected chi connectivity index (χ1v) is 8.31. The highest BCUT2D eigenvalue weighted by molar-refractivity contribution is 5.93. The monoisotopic (exact) mass is 288 g/mol. The lowest BCUT2D eigenvalue weighted by atomic mass is 9.78. The summed E-state index contributed by atoms with van der Waals surface area (Å²) in [6, 6.07) is 20.0. The number of hydrogen-bond acceptors (Lipinski definition) is 0. The fourth-order valence-electron chi connectivity index (χ4n) is 4.07. The summed E-state index contributed by atoms with van der Waals surface area (Å²) in [6.07, 6.45) is 5.76. The van der Waals surface area contributed by atoms with Gasteiger partial charge in [-0.25, -0.2) is 0 Å². The van der Waals surface area contributed by atoms with Crippen molar-refractivity contribution in [3.05, 3.63) is 66.4 Å². The molecule has 1 aliphatic heterocycles. The van der Waals surface area contributed by atoms with Crippen molar-refractivity contribution in [2.45, 2.75) is 38.6 Å². The Morgan fingerprint density at radius 2 is 1.64 bits per heavy atom. The average Bonchev–Trinajstić information content (AvgIpc) is 2.60. The summed E-state index contributed by atoms with van der Waals surface area (Å²) in [5.41, 5.74) is 4.48. The van der Waals surface area contributed by atoms with Crippen LogP contribution in [0.5, 0.6) is 0 Å². The van der Waals surface area contributed by atoms with E-state index in [1.165, 1.54) is 27.6 Å². The number of benzene rings is 2. The van der Waals surface area contributed by atoms with Crippen LogP contribution in [0.2, 0.25) is 0 Å². The van der Waals surface area contributed by atoms with E-state index in [9.17, 15) is 0 Å². The van der Waals surface area contributed by atoms with E-state index in [2.05, 4.69) is 79.2 Å². The van der Waals surface area contributed by atoms with Crippen LogP contribution in [0.3, 0.4) is 0 Å². The summed E-state index contributed by atoms with van der Waals surface area (Å²) in [5, 5.41) is 2.69. The summed E-state index contributed by atoms with van der Waals surface area (Å²) in [7, 11) is 0. The molecule has 0 fully saturated rings. The standard InChI is InChI=1S/C21H22N/c1-3-21(4-2)15-17-10-6-8-12-19(17)20-18-11-7-5-9-16(18)13-14-22(20)21/h5-14H,3-4,15H2,1-2H3/q+1. The molecule has 4 rings (SSSR count). The first-order valence-electron chi connectivity index (χ1n) is 8.31. The van der Waals surface area contributed by atoms with Gasteiger partial charge in [-0.05, 0) is 23.1 Å². The number of pyridine rings is 1. The van der Waals surface area contributed by atoms with Gasteiger partial charge in [0.1, 0.15) is 0 Å². The van der Waals surface area contributed by atoms with Crippen molar-refractivity contribution in [2.24, 2.45) is 0 Å².